The van der Waals surface area contributed by atoms with Crippen molar-refractivity contribution in [2.24, 2.45) is 10.3 Å². The molecule has 11 heteroatoms. The fraction of sp³-hybridized carbons (Fsp3) is 0.357. The van der Waals surface area contributed by atoms with Crippen LogP contribution in [0.15, 0.2) is 46.7 Å². The van der Waals surface area contributed by atoms with Gasteiger partial charge in [-0.05, 0) is 47.2 Å². The smallest absolute Gasteiger partial charge is 0.323 e. The van der Waals surface area contributed by atoms with Crippen molar-refractivity contribution in [3.8, 4) is 11.1 Å². The average molecular weight is 536 g/mol. The van der Waals surface area contributed by atoms with Gasteiger partial charge in [0.15, 0.2) is 0 Å². The first kappa shape index (κ1) is 29.2. The lowest BCUT2D eigenvalue weighted by Crippen LogP contribution is -2.37. The zero-order valence-corrected chi connectivity index (χ0v) is 22.3. The molecule has 1 aliphatic carbocycles. The van der Waals surface area contributed by atoms with Gasteiger partial charge in [0, 0.05) is 30.6 Å². The Balaban J connectivity index is 1.68. The van der Waals surface area contributed by atoms with E-state index in [4.69, 9.17) is 4.84 Å². The molecule has 1 aliphatic rings. The molecule has 2 amide bonds. The molecule has 0 radical (unpaired) electrons. The molecule has 1 unspecified atom stereocenters. The van der Waals surface area contributed by atoms with Crippen LogP contribution >= 0.6 is 0 Å². The van der Waals surface area contributed by atoms with Crippen molar-refractivity contribution >= 4 is 36.2 Å². The second-order valence-electron chi connectivity index (χ2n) is 8.88. The fourth-order valence-electron chi connectivity index (χ4n) is 4.34. The van der Waals surface area contributed by atoms with Crippen LogP contribution in [0.5, 0.6) is 0 Å². The van der Waals surface area contributed by atoms with Crippen LogP contribution in [0.2, 0.25) is 0 Å². The van der Waals surface area contributed by atoms with Gasteiger partial charge in [0.25, 0.3) is 0 Å². The lowest BCUT2D eigenvalue weighted by atomic mass is 9.93. The van der Waals surface area contributed by atoms with E-state index in [9.17, 15) is 19.2 Å². The second kappa shape index (κ2) is 14.5. The van der Waals surface area contributed by atoms with Crippen LogP contribution in [0.4, 0.5) is 9.59 Å². The summed E-state index contributed by atoms with van der Waals surface area (Å²) in [6.45, 7) is 4.80. The topological polar surface area (TPSA) is 148 Å². The van der Waals surface area contributed by atoms with Gasteiger partial charge in [0.2, 0.25) is 11.6 Å². The molecule has 0 spiro atoms. The van der Waals surface area contributed by atoms with Crippen LogP contribution in [0.1, 0.15) is 83.7 Å². The fourth-order valence-corrected chi connectivity index (χ4v) is 4.34. The standard InChI is InChI=1S/C28H33N5O6/c1-4-6-7-8-13-30-33-28(37)39-32-17-26(35)19-10-12-22-20(5-2)21-11-9-18(14-23(21)24(22)15-19)25(34)16-31-38-27(36)29-3/h9-12,14-17,20,30H,4-8,13H2,1-3H3,(H,29,36)(H,33,37)/b31-16+,32-17+. The maximum absolute atomic E-state index is 12.7. The number of oxime groups is 2. The maximum Gasteiger partial charge on any atom is 0.447 e. The van der Waals surface area contributed by atoms with Crippen LogP contribution in [-0.2, 0) is 9.68 Å². The van der Waals surface area contributed by atoms with Gasteiger partial charge in [0.05, 0.1) is 0 Å². The van der Waals surface area contributed by atoms with E-state index in [1.807, 2.05) is 12.1 Å². The molecular formula is C28H33N5O6. The van der Waals surface area contributed by atoms with Gasteiger partial charge >= 0.3 is 12.2 Å². The molecule has 206 valence electrons. The predicted octanol–water partition coefficient (Wildman–Crippen LogP) is 4.71. The number of carbonyl (C=O) groups excluding carboxylic acids is 4. The SMILES string of the molecule is CCCCCCNNC(=O)O/N=C/C(=O)c1ccc2c(c1)-c1cc(C(=O)/C=N/OC(=O)NC)ccc1C2CC. The summed E-state index contributed by atoms with van der Waals surface area (Å²) in [5.74, 6) is -0.762. The number of hydrazine groups is 1. The Kier molecular flexibility index (Phi) is 10.9. The number of nitrogens with one attached hydrogen (secondary N) is 3. The Bertz CT molecular complexity index is 1270. The molecular weight excluding hydrogens is 502 g/mol. The molecule has 3 rings (SSSR count). The number of benzene rings is 2. The summed E-state index contributed by atoms with van der Waals surface area (Å²) >= 11 is 0. The summed E-state index contributed by atoms with van der Waals surface area (Å²) in [4.78, 5) is 57.3. The van der Waals surface area contributed by atoms with Crippen molar-refractivity contribution in [3.05, 3.63) is 58.7 Å². The summed E-state index contributed by atoms with van der Waals surface area (Å²) < 4.78 is 0. The molecule has 0 fully saturated rings. The Morgan fingerprint density at radius 1 is 0.821 bits per heavy atom. The van der Waals surface area contributed by atoms with Gasteiger partial charge < -0.3 is 5.32 Å². The number of fused-ring (bicyclic) bond motifs is 3. The van der Waals surface area contributed by atoms with Crippen molar-refractivity contribution in [2.45, 2.75) is 51.9 Å². The molecule has 0 bridgehead atoms. The molecule has 0 saturated heterocycles. The molecule has 0 aliphatic heterocycles. The molecule has 1 atom stereocenters. The third kappa shape index (κ3) is 7.81. The number of hydrogen-bond donors (Lipinski definition) is 3. The zero-order chi connectivity index (χ0) is 28.2. The third-order valence-electron chi connectivity index (χ3n) is 6.29. The Labute approximate surface area is 227 Å². The van der Waals surface area contributed by atoms with Gasteiger partial charge in [-0.3, -0.25) is 24.7 Å². The van der Waals surface area contributed by atoms with Gasteiger partial charge in [-0.15, -0.1) is 0 Å². The normalized spacial score (nSPS) is 13.7. The molecule has 39 heavy (non-hydrogen) atoms. The molecule has 11 nitrogen and oxygen atoms in total. The minimum Gasteiger partial charge on any atom is -0.323 e. The zero-order valence-electron chi connectivity index (χ0n) is 22.3. The number of unbranched alkanes of at least 4 members (excludes halogenated alkanes) is 3. The number of amides is 2. The van der Waals surface area contributed by atoms with Crippen LogP contribution in [0, 0.1) is 0 Å². The molecule has 0 heterocycles. The van der Waals surface area contributed by atoms with Gasteiger partial charge in [0.1, 0.15) is 12.4 Å². The lowest BCUT2D eigenvalue weighted by Gasteiger charge is -2.10. The Morgan fingerprint density at radius 3 is 1.90 bits per heavy atom. The summed E-state index contributed by atoms with van der Waals surface area (Å²) in [5.41, 5.74) is 9.58. The largest absolute Gasteiger partial charge is 0.447 e. The Hall–Kier alpha value is -4.38. The molecule has 2 aromatic rings. The molecule has 3 N–H and O–H groups in total. The Morgan fingerprint density at radius 2 is 1.38 bits per heavy atom. The van der Waals surface area contributed by atoms with E-state index in [0.717, 1.165) is 66.8 Å². The van der Waals surface area contributed by atoms with E-state index in [1.165, 1.54) is 7.05 Å². The number of hydrogen-bond acceptors (Lipinski definition) is 9. The van der Waals surface area contributed by atoms with Gasteiger partial charge in [-0.1, -0.05) is 67.7 Å². The van der Waals surface area contributed by atoms with E-state index in [2.05, 4.69) is 45.2 Å². The maximum atomic E-state index is 12.7. The van der Waals surface area contributed by atoms with Gasteiger partial charge in [-0.25, -0.2) is 15.0 Å². The van der Waals surface area contributed by atoms with Crippen molar-refractivity contribution < 1.29 is 28.9 Å². The minimum absolute atomic E-state index is 0.115. The molecule has 2 aromatic carbocycles. The number of carbonyl (C=O) groups is 4. The van der Waals surface area contributed by atoms with E-state index in [-0.39, 0.29) is 5.92 Å². The highest BCUT2D eigenvalue weighted by atomic mass is 16.7. The van der Waals surface area contributed by atoms with Crippen molar-refractivity contribution in [1.82, 2.24) is 16.2 Å². The first-order chi connectivity index (χ1) is 18.9. The van der Waals surface area contributed by atoms with E-state index >= 15 is 0 Å². The summed E-state index contributed by atoms with van der Waals surface area (Å²) in [6, 6.07) is 10.7. The summed E-state index contributed by atoms with van der Waals surface area (Å²) in [6.07, 6.45) is 5.36. The molecule has 0 saturated carbocycles. The third-order valence-corrected chi connectivity index (χ3v) is 6.29. The summed E-state index contributed by atoms with van der Waals surface area (Å²) in [7, 11) is 1.38. The van der Waals surface area contributed by atoms with E-state index in [0.29, 0.717) is 17.7 Å². The average Bonchev–Trinajstić information content (AvgIpc) is 3.26. The quantitative estimate of drug-likeness (QED) is 0.111. The van der Waals surface area contributed by atoms with Crippen molar-refractivity contribution in [2.75, 3.05) is 13.6 Å². The minimum atomic E-state index is -0.815. The number of ketones is 2. The molecule has 0 aromatic heterocycles. The number of Topliss-reactive ketones (excluding diaryl/α,β-unsaturated/α-hetero) is 2. The highest BCUT2D eigenvalue weighted by molar-refractivity contribution is 6.36. The predicted molar refractivity (Wildman–Crippen MR) is 147 cm³/mol. The highest BCUT2D eigenvalue weighted by Crippen LogP contribution is 2.47. The van der Waals surface area contributed by atoms with Gasteiger partial charge in [-0.2, -0.15) is 0 Å². The first-order valence-electron chi connectivity index (χ1n) is 12.9. The summed E-state index contributed by atoms with van der Waals surface area (Å²) in [5, 5.41) is 9.14. The van der Waals surface area contributed by atoms with Crippen LogP contribution < -0.4 is 16.2 Å². The van der Waals surface area contributed by atoms with Crippen LogP contribution in [0.3, 0.4) is 0 Å². The van der Waals surface area contributed by atoms with Crippen molar-refractivity contribution in [3.63, 3.8) is 0 Å². The first-order valence-corrected chi connectivity index (χ1v) is 12.9. The number of nitrogens with zero attached hydrogens (tertiary/aromatic N) is 2. The lowest BCUT2D eigenvalue weighted by molar-refractivity contribution is 0.105. The highest BCUT2D eigenvalue weighted by Gasteiger charge is 2.29. The van der Waals surface area contributed by atoms with E-state index in [1.54, 1.807) is 24.3 Å². The van der Waals surface area contributed by atoms with Crippen LogP contribution in [0.25, 0.3) is 11.1 Å². The monoisotopic (exact) mass is 535 g/mol. The number of rotatable bonds is 13. The van der Waals surface area contributed by atoms with Crippen molar-refractivity contribution in [1.29, 1.82) is 0 Å². The van der Waals surface area contributed by atoms with E-state index < -0.39 is 23.8 Å². The second-order valence-corrected chi connectivity index (χ2v) is 8.88. The van der Waals surface area contributed by atoms with Crippen LogP contribution in [-0.4, -0.2) is 49.8 Å².